The average molecular weight is 567 g/mol. The Balaban J connectivity index is 2.02. The molecule has 0 spiro atoms. The van der Waals surface area contributed by atoms with Crippen molar-refractivity contribution in [1.82, 2.24) is 10.2 Å². The van der Waals surface area contributed by atoms with E-state index in [9.17, 15) is 28.1 Å². The number of aryl methyl sites for hydroxylation is 1. The van der Waals surface area contributed by atoms with E-state index < -0.39 is 33.4 Å². The third-order valence-electron chi connectivity index (χ3n) is 6.60. The van der Waals surface area contributed by atoms with Crippen LogP contribution in [0.3, 0.4) is 0 Å². The number of sulfonamides is 1. The summed E-state index contributed by atoms with van der Waals surface area (Å²) in [6.07, 6.45) is 0.702. The number of hydrogen-bond donors (Lipinski definition) is 1. The fourth-order valence-corrected chi connectivity index (χ4v) is 5.36. The average Bonchev–Trinajstić information content (AvgIpc) is 2.95. The molecule has 0 aliphatic heterocycles. The molecule has 2 atom stereocenters. The van der Waals surface area contributed by atoms with Gasteiger partial charge in [-0.25, -0.2) is 8.42 Å². The number of nitro groups is 1. The molecule has 1 N–H and O–H groups in total. The maximum absolute atomic E-state index is 13.9. The highest BCUT2D eigenvalue weighted by Crippen LogP contribution is 2.26. The maximum atomic E-state index is 13.9. The molecule has 3 aromatic rings. The summed E-state index contributed by atoms with van der Waals surface area (Å²) in [7, 11) is -4.25. The zero-order chi connectivity index (χ0) is 29.4. The number of nitro benzene ring substituents is 1. The van der Waals surface area contributed by atoms with Crippen molar-refractivity contribution in [2.45, 2.75) is 57.6 Å². The topological polar surface area (TPSA) is 130 Å². The molecule has 0 radical (unpaired) electrons. The number of carbonyl (C=O) groups is 2. The van der Waals surface area contributed by atoms with Crippen molar-refractivity contribution in [1.29, 1.82) is 0 Å². The van der Waals surface area contributed by atoms with E-state index in [4.69, 9.17) is 0 Å². The number of carbonyl (C=O) groups excluding carboxylic acids is 2. The lowest BCUT2D eigenvalue weighted by atomic mass is 10.1. The van der Waals surface area contributed by atoms with Crippen LogP contribution in [-0.4, -0.2) is 48.7 Å². The molecular formula is C29H34N4O6S. The Bertz CT molecular complexity index is 1430. The molecule has 3 rings (SSSR count). The third kappa shape index (κ3) is 7.44. The Hall–Kier alpha value is -4.25. The molecule has 3 aromatic carbocycles. The Morgan fingerprint density at radius 3 is 2.10 bits per heavy atom. The number of rotatable bonds is 12. The second kappa shape index (κ2) is 13.2. The monoisotopic (exact) mass is 566 g/mol. The van der Waals surface area contributed by atoms with Crippen molar-refractivity contribution in [2.75, 3.05) is 10.8 Å². The zero-order valence-corrected chi connectivity index (χ0v) is 23.8. The van der Waals surface area contributed by atoms with E-state index >= 15 is 0 Å². The molecule has 0 aliphatic carbocycles. The van der Waals surface area contributed by atoms with Crippen molar-refractivity contribution in [2.24, 2.45) is 0 Å². The first-order valence-electron chi connectivity index (χ1n) is 12.9. The number of benzene rings is 3. The SMILES string of the molecule is CC[C@@H](C)NC(=O)[C@H](C)N(Cc1ccc(C)cc1)C(=O)CN(c1ccc([N+](=O)[O-])cc1)S(=O)(=O)c1ccccc1. The van der Waals surface area contributed by atoms with Crippen LogP contribution in [0.25, 0.3) is 0 Å². The van der Waals surface area contributed by atoms with Crippen molar-refractivity contribution in [3.05, 3.63) is 100 Å². The van der Waals surface area contributed by atoms with Crippen LogP contribution >= 0.6 is 0 Å². The normalized spacial score (nSPS) is 12.7. The highest BCUT2D eigenvalue weighted by molar-refractivity contribution is 7.92. The summed E-state index contributed by atoms with van der Waals surface area (Å²) < 4.78 is 28.4. The fraction of sp³-hybridized carbons (Fsp3) is 0.310. The molecule has 2 amide bonds. The van der Waals surface area contributed by atoms with Crippen molar-refractivity contribution >= 4 is 33.2 Å². The lowest BCUT2D eigenvalue weighted by Gasteiger charge is -2.32. The van der Waals surface area contributed by atoms with E-state index in [2.05, 4.69) is 5.32 Å². The molecular weight excluding hydrogens is 532 g/mol. The summed E-state index contributed by atoms with van der Waals surface area (Å²) in [5, 5.41) is 14.1. The molecule has 0 aliphatic rings. The first-order chi connectivity index (χ1) is 18.9. The number of amides is 2. The second-order valence-electron chi connectivity index (χ2n) is 9.60. The van der Waals surface area contributed by atoms with Gasteiger partial charge in [-0.3, -0.25) is 24.0 Å². The van der Waals surface area contributed by atoms with Gasteiger partial charge in [-0.05, 0) is 57.0 Å². The van der Waals surface area contributed by atoms with Crippen LogP contribution in [-0.2, 0) is 26.2 Å². The molecule has 10 nitrogen and oxygen atoms in total. The standard InChI is InChI=1S/C29H34N4O6S/c1-5-22(3)30-29(35)23(4)31(19-24-13-11-21(2)12-14-24)28(34)20-32(25-15-17-26(18-16-25)33(36)37)40(38,39)27-9-7-6-8-10-27/h6-18,22-23H,5,19-20H2,1-4H3,(H,30,35)/t22-,23+/m1/s1. The Kier molecular flexibility index (Phi) is 10.0. The van der Waals surface area contributed by atoms with Crippen LogP contribution in [0.15, 0.2) is 83.8 Å². The van der Waals surface area contributed by atoms with Gasteiger partial charge in [0.05, 0.1) is 15.5 Å². The molecule has 0 fully saturated rings. The van der Waals surface area contributed by atoms with Crippen LogP contribution in [0, 0.1) is 17.0 Å². The molecule has 0 saturated heterocycles. The van der Waals surface area contributed by atoms with Crippen LogP contribution in [0.2, 0.25) is 0 Å². The number of anilines is 1. The Morgan fingerprint density at radius 2 is 1.55 bits per heavy atom. The minimum atomic E-state index is -4.25. The largest absolute Gasteiger partial charge is 0.352 e. The number of non-ortho nitro benzene ring substituents is 1. The first kappa shape index (κ1) is 30.3. The summed E-state index contributed by atoms with van der Waals surface area (Å²) in [5.74, 6) is -0.965. The molecule has 0 heterocycles. The van der Waals surface area contributed by atoms with Crippen molar-refractivity contribution < 1.29 is 22.9 Å². The summed E-state index contributed by atoms with van der Waals surface area (Å²) in [6.45, 7) is 6.79. The van der Waals surface area contributed by atoms with Crippen molar-refractivity contribution in [3.63, 3.8) is 0 Å². The summed E-state index contributed by atoms with van der Waals surface area (Å²) >= 11 is 0. The number of hydrogen-bond acceptors (Lipinski definition) is 6. The van der Waals surface area contributed by atoms with Gasteiger partial charge in [0.25, 0.3) is 15.7 Å². The first-order valence-corrected chi connectivity index (χ1v) is 14.4. The van der Waals surface area contributed by atoms with Gasteiger partial charge in [0.15, 0.2) is 0 Å². The molecule has 0 bridgehead atoms. The fourth-order valence-electron chi connectivity index (χ4n) is 3.93. The van der Waals surface area contributed by atoms with E-state index in [-0.39, 0.29) is 34.8 Å². The summed E-state index contributed by atoms with van der Waals surface area (Å²) in [4.78, 5) is 38.8. The molecule has 0 aromatic heterocycles. The van der Waals surface area contributed by atoms with E-state index in [0.29, 0.717) is 6.42 Å². The highest BCUT2D eigenvalue weighted by atomic mass is 32.2. The molecule has 212 valence electrons. The van der Waals surface area contributed by atoms with Gasteiger partial charge in [-0.2, -0.15) is 0 Å². The third-order valence-corrected chi connectivity index (χ3v) is 8.39. The smallest absolute Gasteiger partial charge is 0.269 e. The van der Waals surface area contributed by atoms with Crippen LogP contribution in [0.1, 0.15) is 38.3 Å². The van der Waals surface area contributed by atoms with Gasteiger partial charge in [0.1, 0.15) is 12.6 Å². The van der Waals surface area contributed by atoms with Gasteiger partial charge in [-0.15, -0.1) is 0 Å². The van der Waals surface area contributed by atoms with Gasteiger partial charge >= 0.3 is 0 Å². The molecule has 40 heavy (non-hydrogen) atoms. The second-order valence-corrected chi connectivity index (χ2v) is 11.5. The van der Waals surface area contributed by atoms with E-state index in [1.807, 2.05) is 45.0 Å². The van der Waals surface area contributed by atoms with Crippen LogP contribution in [0.5, 0.6) is 0 Å². The van der Waals surface area contributed by atoms with E-state index in [0.717, 1.165) is 15.4 Å². The predicted molar refractivity (Wildman–Crippen MR) is 153 cm³/mol. The minimum absolute atomic E-state index is 0.0474. The van der Waals surface area contributed by atoms with Crippen LogP contribution in [0.4, 0.5) is 11.4 Å². The quantitative estimate of drug-likeness (QED) is 0.255. The van der Waals surface area contributed by atoms with Crippen molar-refractivity contribution in [3.8, 4) is 0 Å². The molecule has 0 saturated carbocycles. The Morgan fingerprint density at radius 1 is 0.950 bits per heavy atom. The summed E-state index contributed by atoms with van der Waals surface area (Å²) in [6, 6.07) is 19.0. The number of nitrogens with zero attached hydrogens (tertiary/aromatic N) is 3. The predicted octanol–water partition coefficient (Wildman–Crippen LogP) is 4.43. The molecule has 0 unspecified atom stereocenters. The van der Waals surface area contributed by atoms with Gasteiger partial charge < -0.3 is 10.2 Å². The van der Waals surface area contributed by atoms with Gasteiger partial charge in [-0.1, -0.05) is 55.0 Å². The zero-order valence-electron chi connectivity index (χ0n) is 23.0. The lowest BCUT2D eigenvalue weighted by molar-refractivity contribution is -0.384. The lowest BCUT2D eigenvalue weighted by Crippen LogP contribution is -2.52. The van der Waals surface area contributed by atoms with Gasteiger partial charge in [0, 0.05) is 24.7 Å². The molecule has 11 heteroatoms. The number of nitrogens with one attached hydrogen (secondary N) is 1. The Labute approximate surface area is 234 Å². The summed E-state index contributed by atoms with van der Waals surface area (Å²) in [5.41, 5.74) is 1.66. The van der Waals surface area contributed by atoms with E-state index in [1.165, 1.54) is 41.3 Å². The van der Waals surface area contributed by atoms with Gasteiger partial charge in [0.2, 0.25) is 11.8 Å². The van der Waals surface area contributed by atoms with E-state index in [1.54, 1.807) is 25.1 Å². The highest BCUT2D eigenvalue weighted by Gasteiger charge is 2.33. The maximum Gasteiger partial charge on any atom is 0.269 e. The van der Waals surface area contributed by atoms with Crippen LogP contribution < -0.4 is 9.62 Å². The minimum Gasteiger partial charge on any atom is -0.352 e.